The molecule has 0 aromatic heterocycles. The monoisotopic (exact) mass is 217 g/mol. The quantitative estimate of drug-likeness (QED) is 0.688. The van der Waals surface area contributed by atoms with Crippen LogP contribution in [0.15, 0.2) is 0 Å². The Balaban J connectivity index is 2.52. The topological polar surface area (TPSA) is 57.6 Å². The number of amides is 1. The lowest BCUT2D eigenvalue weighted by atomic mass is 10.1. The first-order valence-electron chi connectivity index (χ1n) is 4.52. The summed E-state index contributed by atoms with van der Waals surface area (Å²) in [6.07, 6.45) is 2.94. The predicted octanol–water partition coefficient (Wildman–Crippen LogP) is 0.673. The SMILES string of the molecule is CSCCN(C)C(=O)C1(C(=O)O)CC1. The van der Waals surface area contributed by atoms with Crippen molar-refractivity contribution in [3.8, 4) is 0 Å². The highest BCUT2D eigenvalue weighted by Crippen LogP contribution is 2.47. The molecule has 0 radical (unpaired) electrons. The van der Waals surface area contributed by atoms with E-state index in [4.69, 9.17) is 5.11 Å². The largest absolute Gasteiger partial charge is 0.480 e. The summed E-state index contributed by atoms with van der Waals surface area (Å²) < 4.78 is 0. The van der Waals surface area contributed by atoms with Gasteiger partial charge in [-0.3, -0.25) is 9.59 Å². The van der Waals surface area contributed by atoms with Crippen molar-refractivity contribution >= 4 is 23.6 Å². The number of hydrogen-bond acceptors (Lipinski definition) is 3. The lowest BCUT2D eigenvalue weighted by Crippen LogP contribution is -2.39. The number of thioether (sulfide) groups is 1. The molecular formula is C9H15NO3S. The zero-order chi connectivity index (χ0) is 10.8. The Morgan fingerprint density at radius 2 is 2.07 bits per heavy atom. The van der Waals surface area contributed by atoms with Crippen molar-refractivity contribution in [2.24, 2.45) is 5.41 Å². The molecule has 4 nitrogen and oxygen atoms in total. The normalized spacial score (nSPS) is 17.6. The molecule has 1 N–H and O–H groups in total. The van der Waals surface area contributed by atoms with Gasteiger partial charge >= 0.3 is 5.97 Å². The van der Waals surface area contributed by atoms with Crippen LogP contribution in [0.5, 0.6) is 0 Å². The molecule has 80 valence electrons. The van der Waals surface area contributed by atoms with E-state index < -0.39 is 11.4 Å². The van der Waals surface area contributed by atoms with Crippen molar-refractivity contribution in [2.45, 2.75) is 12.8 Å². The Morgan fingerprint density at radius 1 is 1.50 bits per heavy atom. The molecule has 0 aromatic carbocycles. The number of carbonyl (C=O) groups is 2. The number of carbonyl (C=O) groups excluding carboxylic acids is 1. The summed E-state index contributed by atoms with van der Waals surface area (Å²) >= 11 is 1.65. The summed E-state index contributed by atoms with van der Waals surface area (Å²) in [4.78, 5) is 24.1. The first-order chi connectivity index (χ1) is 6.54. The molecule has 0 atom stereocenters. The predicted molar refractivity (Wildman–Crippen MR) is 55.3 cm³/mol. The summed E-state index contributed by atoms with van der Waals surface area (Å²) in [6.45, 7) is 0.620. The molecule has 0 spiro atoms. The molecule has 0 aromatic rings. The molecule has 0 unspecified atom stereocenters. The number of aliphatic carboxylic acids is 1. The fourth-order valence-corrected chi connectivity index (χ4v) is 1.80. The maximum Gasteiger partial charge on any atom is 0.319 e. The van der Waals surface area contributed by atoms with E-state index in [1.54, 1.807) is 18.8 Å². The van der Waals surface area contributed by atoms with Crippen molar-refractivity contribution in [2.75, 3.05) is 25.6 Å². The van der Waals surface area contributed by atoms with Crippen LogP contribution in [0.1, 0.15) is 12.8 Å². The van der Waals surface area contributed by atoms with Crippen LogP contribution in [0.2, 0.25) is 0 Å². The van der Waals surface area contributed by atoms with Gasteiger partial charge in [-0.05, 0) is 19.1 Å². The lowest BCUT2D eigenvalue weighted by molar-refractivity contribution is -0.152. The minimum atomic E-state index is -1.08. The van der Waals surface area contributed by atoms with E-state index >= 15 is 0 Å². The highest BCUT2D eigenvalue weighted by atomic mass is 32.2. The molecule has 1 aliphatic rings. The maximum absolute atomic E-state index is 11.7. The van der Waals surface area contributed by atoms with Gasteiger partial charge < -0.3 is 10.0 Å². The van der Waals surface area contributed by atoms with Crippen molar-refractivity contribution < 1.29 is 14.7 Å². The van der Waals surface area contributed by atoms with Gasteiger partial charge in [0.15, 0.2) is 0 Å². The van der Waals surface area contributed by atoms with Crippen LogP contribution >= 0.6 is 11.8 Å². The van der Waals surface area contributed by atoms with Crippen molar-refractivity contribution in [1.82, 2.24) is 4.90 Å². The van der Waals surface area contributed by atoms with Gasteiger partial charge in [0.2, 0.25) is 5.91 Å². The van der Waals surface area contributed by atoms with Crippen molar-refractivity contribution in [1.29, 1.82) is 0 Å². The van der Waals surface area contributed by atoms with Crippen LogP contribution in [-0.4, -0.2) is 47.5 Å². The van der Waals surface area contributed by atoms with E-state index in [9.17, 15) is 9.59 Å². The number of carboxylic acids is 1. The van der Waals surface area contributed by atoms with E-state index in [2.05, 4.69) is 0 Å². The summed E-state index contributed by atoms with van der Waals surface area (Å²) in [7, 11) is 1.67. The summed E-state index contributed by atoms with van der Waals surface area (Å²) in [5, 5.41) is 8.90. The van der Waals surface area contributed by atoms with E-state index in [1.165, 1.54) is 4.90 Å². The second-order valence-electron chi connectivity index (χ2n) is 3.61. The molecular weight excluding hydrogens is 202 g/mol. The minimum Gasteiger partial charge on any atom is -0.480 e. The van der Waals surface area contributed by atoms with E-state index in [-0.39, 0.29) is 5.91 Å². The van der Waals surface area contributed by atoms with Gasteiger partial charge in [0.05, 0.1) is 0 Å². The average molecular weight is 217 g/mol. The third kappa shape index (κ3) is 2.03. The fraction of sp³-hybridized carbons (Fsp3) is 0.778. The Bertz CT molecular complexity index is 250. The minimum absolute atomic E-state index is 0.237. The molecule has 1 fully saturated rings. The molecule has 0 heterocycles. The van der Waals surface area contributed by atoms with Crippen LogP contribution in [0.25, 0.3) is 0 Å². The number of nitrogens with zero attached hydrogens (tertiary/aromatic N) is 1. The van der Waals surface area contributed by atoms with Crippen molar-refractivity contribution in [3.05, 3.63) is 0 Å². The first kappa shape index (κ1) is 11.4. The summed E-state index contributed by atoms with van der Waals surface area (Å²) in [5.74, 6) is -0.365. The number of hydrogen-bond donors (Lipinski definition) is 1. The zero-order valence-corrected chi connectivity index (χ0v) is 9.26. The van der Waals surface area contributed by atoms with Gasteiger partial charge in [-0.2, -0.15) is 11.8 Å². The van der Waals surface area contributed by atoms with Gasteiger partial charge in [-0.15, -0.1) is 0 Å². The van der Waals surface area contributed by atoms with Gasteiger partial charge in [0.1, 0.15) is 5.41 Å². The molecule has 1 amide bonds. The summed E-state index contributed by atoms with van der Waals surface area (Å²) in [6, 6.07) is 0. The fourth-order valence-electron chi connectivity index (χ4n) is 1.34. The third-order valence-corrected chi connectivity index (χ3v) is 3.14. The van der Waals surface area contributed by atoms with Crippen LogP contribution in [0, 0.1) is 5.41 Å². The average Bonchev–Trinajstić information content (AvgIpc) is 2.93. The highest BCUT2D eigenvalue weighted by Gasteiger charge is 2.58. The van der Waals surface area contributed by atoms with Crippen LogP contribution in [0.4, 0.5) is 0 Å². The molecule has 5 heteroatoms. The first-order valence-corrected chi connectivity index (χ1v) is 5.92. The molecule has 1 saturated carbocycles. The highest BCUT2D eigenvalue weighted by molar-refractivity contribution is 7.98. The van der Waals surface area contributed by atoms with Gasteiger partial charge in [0.25, 0.3) is 0 Å². The van der Waals surface area contributed by atoms with Crippen LogP contribution < -0.4 is 0 Å². The smallest absolute Gasteiger partial charge is 0.319 e. The molecule has 1 aliphatic carbocycles. The number of rotatable bonds is 5. The molecule has 14 heavy (non-hydrogen) atoms. The molecule has 0 aliphatic heterocycles. The van der Waals surface area contributed by atoms with Crippen LogP contribution in [-0.2, 0) is 9.59 Å². The Kier molecular flexibility index (Phi) is 3.42. The number of carboxylic acid groups (broad SMARTS) is 1. The maximum atomic E-state index is 11.7. The van der Waals surface area contributed by atoms with Gasteiger partial charge in [-0.1, -0.05) is 0 Å². The molecule has 0 saturated heterocycles. The standard InChI is InChI=1S/C9H15NO3S/c1-10(5-6-14-2)7(11)9(3-4-9)8(12)13/h3-6H2,1-2H3,(H,12,13). The van der Waals surface area contributed by atoms with E-state index in [0.29, 0.717) is 19.4 Å². The Hall–Kier alpha value is -0.710. The van der Waals surface area contributed by atoms with Crippen molar-refractivity contribution in [3.63, 3.8) is 0 Å². The van der Waals surface area contributed by atoms with Gasteiger partial charge in [0, 0.05) is 19.3 Å². The van der Waals surface area contributed by atoms with E-state index in [0.717, 1.165) is 5.75 Å². The third-order valence-electron chi connectivity index (χ3n) is 2.55. The van der Waals surface area contributed by atoms with E-state index in [1.807, 2.05) is 6.26 Å². The Labute approximate surface area is 87.7 Å². The van der Waals surface area contributed by atoms with Crippen LogP contribution in [0.3, 0.4) is 0 Å². The second-order valence-corrected chi connectivity index (χ2v) is 4.59. The zero-order valence-electron chi connectivity index (χ0n) is 8.45. The Morgan fingerprint density at radius 3 is 2.43 bits per heavy atom. The molecule has 1 rings (SSSR count). The van der Waals surface area contributed by atoms with Gasteiger partial charge in [-0.25, -0.2) is 0 Å². The second kappa shape index (κ2) is 4.21. The molecule has 0 bridgehead atoms. The lowest BCUT2D eigenvalue weighted by Gasteiger charge is -2.20. The summed E-state index contributed by atoms with van der Waals surface area (Å²) in [5.41, 5.74) is -1.08.